The number of rotatable bonds is 1. The maximum atomic E-state index is 11.0. The number of nitrogens with two attached hydrogens (primary N) is 1. The van der Waals surface area contributed by atoms with E-state index in [1.165, 1.54) is 18.2 Å². The molecule has 0 aliphatic rings. The summed E-state index contributed by atoms with van der Waals surface area (Å²) in [5.74, 6) is 0. The van der Waals surface area contributed by atoms with Gasteiger partial charge in [-0.15, -0.1) is 0 Å². The van der Waals surface area contributed by atoms with Crippen molar-refractivity contribution >= 4 is 21.1 Å². The summed E-state index contributed by atoms with van der Waals surface area (Å²) < 4.78 is 22.1. The van der Waals surface area contributed by atoms with Gasteiger partial charge in [0.2, 0.25) is 10.0 Å². The van der Waals surface area contributed by atoms with E-state index in [1.807, 2.05) is 0 Å². The van der Waals surface area contributed by atoms with E-state index in [9.17, 15) is 18.0 Å². The fourth-order valence-electron chi connectivity index (χ4n) is 1.27. The van der Waals surface area contributed by atoms with Crippen LogP contribution in [-0.2, 0) is 10.0 Å². The lowest BCUT2D eigenvalue weighted by Gasteiger charge is -2.00. The van der Waals surface area contributed by atoms with Crippen molar-refractivity contribution in [3.63, 3.8) is 0 Å². The molecule has 1 aromatic carbocycles. The maximum absolute atomic E-state index is 11.0. The average Bonchev–Trinajstić information content (AvgIpc) is 2.17. The quantitative estimate of drug-likeness (QED) is 0.545. The number of aromatic nitrogens is 2. The minimum atomic E-state index is -3.83. The maximum Gasteiger partial charge on any atom is 0.314 e. The first kappa shape index (κ1) is 10.6. The summed E-state index contributed by atoms with van der Waals surface area (Å²) in [6, 6.07) is 3.78. The molecule has 2 rings (SSSR count). The largest absolute Gasteiger partial charge is 0.316 e. The molecule has 0 saturated carbocycles. The fraction of sp³-hybridized carbons (Fsp3) is 0. The molecule has 0 saturated heterocycles. The summed E-state index contributed by atoms with van der Waals surface area (Å²) in [6.07, 6.45) is 0. The SMILES string of the molecule is NS(=O)(=O)c1ccc2[nH]c(=O)c(=O)[nH]c2c1. The molecule has 1 aromatic heterocycles. The van der Waals surface area contributed by atoms with Crippen molar-refractivity contribution < 1.29 is 8.42 Å². The van der Waals surface area contributed by atoms with Gasteiger partial charge in [-0.1, -0.05) is 0 Å². The van der Waals surface area contributed by atoms with Gasteiger partial charge in [0.05, 0.1) is 15.9 Å². The molecule has 7 nitrogen and oxygen atoms in total. The van der Waals surface area contributed by atoms with Crippen LogP contribution in [0.1, 0.15) is 0 Å². The van der Waals surface area contributed by atoms with E-state index in [4.69, 9.17) is 5.14 Å². The second-order valence-electron chi connectivity index (χ2n) is 3.16. The van der Waals surface area contributed by atoms with Gasteiger partial charge in [0.15, 0.2) is 0 Å². The molecule has 0 amide bonds. The highest BCUT2D eigenvalue weighted by molar-refractivity contribution is 7.89. The molecule has 0 atom stereocenters. The lowest BCUT2D eigenvalue weighted by atomic mass is 10.3. The topological polar surface area (TPSA) is 126 Å². The van der Waals surface area contributed by atoms with Crippen molar-refractivity contribution in [3.05, 3.63) is 38.9 Å². The standard InChI is InChI=1S/C8H7N3O4S/c9-16(14,15)4-1-2-5-6(3-4)11-8(13)7(12)10-5/h1-3H,(H,10,12)(H,11,13)(H2,9,14,15). The zero-order chi connectivity index (χ0) is 11.9. The van der Waals surface area contributed by atoms with Gasteiger partial charge in [0, 0.05) is 0 Å². The number of sulfonamides is 1. The van der Waals surface area contributed by atoms with Crippen LogP contribution >= 0.6 is 0 Å². The third-order valence-corrected chi connectivity index (χ3v) is 2.93. The van der Waals surface area contributed by atoms with Crippen molar-refractivity contribution in [1.82, 2.24) is 9.97 Å². The van der Waals surface area contributed by atoms with E-state index < -0.39 is 21.1 Å². The molecule has 0 aliphatic carbocycles. The molecule has 8 heteroatoms. The van der Waals surface area contributed by atoms with Crippen molar-refractivity contribution in [2.24, 2.45) is 5.14 Å². The Labute approximate surface area is 89.0 Å². The van der Waals surface area contributed by atoms with Gasteiger partial charge in [0.25, 0.3) is 0 Å². The summed E-state index contributed by atoms with van der Waals surface area (Å²) in [5.41, 5.74) is -1.11. The number of fused-ring (bicyclic) bond motifs is 1. The summed E-state index contributed by atoms with van der Waals surface area (Å²) in [7, 11) is -3.83. The van der Waals surface area contributed by atoms with Gasteiger partial charge in [-0.05, 0) is 18.2 Å². The normalized spacial score (nSPS) is 11.8. The summed E-state index contributed by atoms with van der Waals surface area (Å²) >= 11 is 0. The van der Waals surface area contributed by atoms with E-state index in [0.29, 0.717) is 5.52 Å². The van der Waals surface area contributed by atoms with E-state index >= 15 is 0 Å². The second-order valence-corrected chi connectivity index (χ2v) is 4.72. The molecular weight excluding hydrogens is 234 g/mol. The number of H-pyrrole nitrogens is 2. The lowest BCUT2D eigenvalue weighted by Crippen LogP contribution is -2.29. The van der Waals surface area contributed by atoms with Gasteiger partial charge in [-0.2, -0.15) is 0 Å². The van der Waals surface area contributed by atoms with E-state index in [0.717, 1.165) is 0 Å². The Morgan fingerprint density at radius 1 is 1.00 bits per heavy atom. The second kappa shape index (κ2) is 3.29. The molecule has 0 unspecified atom stereocenters. The van der Waals surface area contributed by atoms with Crippen LogP contribution in [0.3, 0.4) is 0 Å². The molecule has 0 bridgehead atoms. The van der Waals surface area contributed by atoms with Crippen LogP contribution in [0.15, 0.2) is 32.7 Å². The highest BCUT2D eigenvalue weighted by Gasteiger charge is 2.09. The first-order valence-electron chi connectivity index (χ1n) is 4.17. The number of nitrogens with one attached hydrogen (secondary N) is 2. The monoisotopic (exact) mass is 241 g/mol. The molecule has 1 heterocycles. The van der Waals surface area contributed by atoms with Crippen LogP contribution in [-0.4, -0.2) is 18.4 Å². The lowest BCUT2D eigenvalue weighted by molar-refractivity contribution is 0.598. The van der Waals surface area contributed by atoms with Gasteiger partial charge in [0.1, 0.15) is 0 Å². The van der Waals surface area contributed by atoms with E-state index in [2.05, 4.69) is 9.97 Å². The smallest absolute Gasteiger partial charge is 0.314 e. The minimum absolute atomic E-state index is 0.136. The van der Waals surface area contributed by atoms with Crippen molar-refractivity contribution in [1.29, 1.82) is 0 Å². The predicted molar refractivity (Wildman–Crippen MR) is 56.6 cm³/mol. The number of primary sulfonamides is 1. The Kier molecular flexibility index (Phi) is 2.17. The van der Waals surface area contributed by atoms with Crippen molar-refractivity contribution in [2.45, 2.75) is 4.90 Å². The molecule has 2 aromatic rings. The zero-order valence-electron chi connectivity index (χ0n) is 7.85. The minimum Gasteiger partial charge on any atom is -0.316 e. The van der Waals surface area contributed by atoms with Crippen LogP contribution in [0.4, 0.5) is 0 Å². The fourth-order valence-corrected chi connectivity index (χ4v) is 1.81. The van der Waals surface area contributed by atoms with E-state index in [-0.39, 0.29) is 10.4 Å². The Bertz CT molecular complexity index is 772. The highest BCUT2D eigenvalue weighted by Crippen LogP contribution is 2.12. The van der Waals surface area contributed by atoms with Crippen LogP contribution in [0.5, 0.6) is 0 Å². The van der Waals surface area contributed by atoms with Crippen molar-refractivity contribution in [3.8, 4) is 0 Å². The van der Waals surface area contributed by atoms with Crippen LogP contribution < -0.4 is 16.3 Å². The number of benzene rings is 1. The average molecular weight is 241 g/mol. The third-order valence-electron chi connectivity index (χ3n) is 2.02. The first-order valence-corrected chi connectivity index (χ1v) is 5.72. The summed E-state index contributed by atoms with van der Waals surface area (Å²) in [4.78, 5) is 26.4. The van der Waals surface area contributed by atoms with Gasteiger partial charge < -0.3 is 9.97 Å². The van der Waals surface area contributed by atoms with Crippen LogP contribution in [0, 0.1) is 0 Å². The predicted octanol–water partition coefficient (Wildman–Crippen LogP) is -1.14. The van der Waals surface area contributed by atoms with Crippen LogP contribution in [0.2, 0.25) is 0 Å². The van der Waals surface area contributed by atoms with Crippen LogP contribution in [0.25, 0.3) is 11.0 Å². The first-order chi connectivity index (χ1) is 7.38. The van der Waals surface area contributed by atoms with E-state index in [1.54, 1.807) is 0 Å². The Hall–Kier alpha value is -1.93. The summed E-state index contributed by atoms with van der Waals surface area (Å²) in [5, 5.41) is 4.92. The molecule has 0 aliphatic heterocycles. The molecular formula is C8H7N3O4S. The molecule has 0 radical (unpaired) electrons. The molecule has 0 spiro atoms. The molecule has 4 N–H and O–H groups in total. The number of hydrogen-bond acceptors (Lipinski definition) is 4. The Balaban J connectivity index is 2.87. The van der Waals surface area contributed by atoms with Gasteiger partial charge >= 0.3 is 11.1 Å². The van der Waals surface area contributed by atoms with Gasteiger partial charge in [-0.25, -0.2) is 13.6 Å². The Morgan fingerprint density at radius 2 is 1.56 bits per heavy atom. The molecule has 0 fully saturated rings. The van der Waals surface area contributed by atoms with Gasteiger partial charge in [-0.3, -0.25) is 9.59 Å². The molecule has 16 heavy (non-hydrogen) atoms. The van der Waals surface area contributed by atoms with Crippen molar-refractivity contribution in [2.75, 3.05) is 0 Å². The number of aromatic amines is 2. The summed E-state index contributed by atoms with van der Waals surface area (Å²) in [6.45, 7) is 0. The molecule has 84 valence electrons. The zero-order valence-corrected chi connectivity index (χ0v) is 8.67. The third kappa shape index (κ3) is 1.75. The Morgan fingerprint density at radius 3 is 2.12 bits per heavy atom. The highest BCUT2D eigenvalue weighted by atomic mass is 32.2. The number of hydrogen-bond donors (Lipinski definition) is 3.